The molecule has 0 aromatic carbocycles. The highest BCUT2D eigenvalue weighted by Crippen LogP contribution is 2.27. The number of carbonyl (C=O) groups excluding carboxylic acids is 1. The summed E-state index contributed by atoms with van der Waals surface area (Å²) in [7, 11) is 0. The number of fused-ring (bicyclic) bond motifs is 1. The first-order valence-electron chi connectivity index (χ1n) is 7.32. The average Bonchev–Trinajstić information content (AvgIpc) is 2.81. The van der Waals surface area contributed by atoms with Crippen LogP contribution in [0.2, 0.25) is 0 Å². The van der Waals surface area contributed by atoms with Gasteiger partial charge in [-0.15, -0.1) is 0 Å². The van der Waals surface area contributed by atoms with E-state index in [1.165, 1.54) is 32.1 Å². The quantitative estimate of drug-likeness (QED) is 0.822. The van der Waals surface area contributed by atoms with E-state index in [0.717, 1.165) is 29.4 Å². The van der Waals surface area contributed by atoms with Crippen LogP contribution in [0.25, 0.3) is 11.0 Å². The van der Waals surface area contributed by atoms with Crippen LogP contribution in [0.5, 0.6) is 0 Å². The Morgan fingerprint density at radius 1 is 1.16 bits per heavy atom. The van der Waals surface area contributed by atoms with Crippen LogP contribution in [0.4, 0.5) is 0 Å². The number of Topliss-reactive ketones (excluding diaryl/α,β-unsaturated/α-hetero) is 1. The lowest BCUT2D eigenvalue weighted by Crippen LogP contribution is -2.16. The van der Waals surface area contributed by atoms with Gasteiger partial charge in [0.25, 0.3) is 0 Å². The number of H-pyrrole nitrogens is 1. The number of aromatic nitrogens is 2. The van der Waals surface area contributed by atoms with Gasteiger partial charge in [-0.25, -0.2) is 4.98 Å². The minimum atomic E-state index is 0.208. The first-order chi connectivity index (χ1) is 9.36. The van der Waals surface area contributed by atoms with Gasteiger partial charge in [0.2, 0.25) is 0 Å². The van der Waals surface area contributed by atoms with E-state index in [-0.39, 0.29) is 5.92 Å². The number of carbonyl (C=O) groups is 1. The zero-order valence-corrected chi connectivity index (χ0v) is 11.2. The molecule has 1 fully saturated rings. The highest BCUT2D eigenvalue weighted by Gasteiger charge is 2.23. The minimum absolute atomic E-state index is 0.208. The maximum Gasteiger partial charge on any atom is 0.168 e. The molecule has 2 heterocycles. The van der Waals surface area contributed by atoms with Crippen LogP contribution in [0.1, 0.15) is 55.3 Å². The van der Waals surface area contributed by atoms with Crippen molar-refractivity contribution in [3.8, 4) is 0 Å². The van der Waals surface area contributed by atoms with Crippen LogP contribution in [0.15, 0.2) is 24.5 Å². The van der Waals surface area contributed by atoms with Gasteiger partial charge in [-0.05, 0) is 25.0 Å². The highest BCUT2D eigenvalue weighted by molar-refractivity contribution is 6.08. The molecule has 0 spiro atoms. The van der Waals surface area contributed by atoms with E-state index < -0.39 is 0 Å². The maximum absolute atomic E-state index is 12.7. The van der Waals surface area contributed by atoms with Crippen molar-refractivity contribution < 1.29 is 4.79 Å². The Bertz CT molecular complexity index is 565. The fourth-order valence-electron chi connectivity index (χ4n) is 3.10. The molecule has 2 aromatic heterocycles. The van der Waals surface area contributed by atoms with E-state index in [4.69, 9.17) is 0 Å². The number of ketones is 1. The zero-order valence-electron chi connectivity index (χ0n) is 11.2. The maximum atomic E-state index is 12.7. The lowest BCUT2D eigenvalue weighted by atomic mass is 9.86. The molecule has 0 unspecified atom stereocenters. The van der Waals surface area contributed by atoms with E-state index in [2.05, 4.69) is 9.97 Å². The number of nitrogens with one attached hydrogen (secondary N) is 1. The molecule has 0 atom stereocenters. The van der Waals surface area contributed by atoms with Gasteiger partial charge >= 0.3 is 0 Å². The fourth-order valence-corrected chi connectivity index (χ4v) is 3.10. The average molecular weight is 256 g/mol. The summed E-state index contributed by atoms with van der Waals surface area (Å²) in [6.07, 6.45) is 11.9. The fraction of sp³-hybridized carbons (Fsp3) is 0.500. The molecule has 1 N–H and O–H groups in total. The van der Waals surface area contributed by atoms with Gasteiger partial charge in [0.15, 0.2) is 5.78 Å². The van der Waals surface area contributed by atoms with Crippen molar-refractivity contribution in [2.45, 2.75) is 44.9 Å². The standard InChI is InChI=1S/C16H20N2O/c19-15(12-7-4-2-1-3-5-8-12)14-11-18-16-13(14)9-6-10-17-16/h6,9-12H,1-5,7-8H2,(H,17,18). The van der Waals surface area contributed by atoms with Gasteiger partial charge < -0.3 is 4.98 Å². The summed E-state index contributed by atoms with van der Waals surface area (Å²) in [5.41, 5.74) is 1.64. The van der Waals surface area contributed by atoms with E-state index in [1.807, 2.05) is 18.3 Å². The highest BCUT2D eigenvalue weighted by atomic mass is 16.1. The second kappa shape index (κ2) is 5.55. The summed E-state index contributed by atoms with van der Waals surface area (Å²) in [5.74, 6) is 0.514. The predicted molar refractivity (Wildman–Crippen MR) is 76.2 cm³/mol. The Kier molecular flexibility index (Phi) is 3.62. The van der Waals surface area contributed by atoms with E-state index in [9.17, 15) is 4.79 Å². The lowest BCUT2D eigenvalue weighted by Gasteiger charge is -2.18. The molecule has 19 heavy (non-hydrogen) atoms. The molecule has 1 aliphatic rings. The summed E-state index contributed by atoms with van der Waals surface area (Å²) in [6, 6.07) is 3.88. The van der Waals surface area contributed by atoms with Gasteiger partial charge in [-0.3, -0.25) is 4.79 Å². The number of pyridine rings is 1. The minimum Gasteiger partial charge on any atom is -0.345 e. The predicted octanol–water partition coefficient (Wildman–Crippen LogP) is 4.11. The molecule has 100 valence electrons. The van der Waals surface area contributed by atoms with Gasteiger partial charge in [-0.1, -0.05) is 32.1 Å². The van der Waals surface area contributed by atoms with Crippen LogP contribution in [-0.4, -0.2) is 15.8 Å². The third-order valence-corrected chi connectivity index (χ3v) is 4.19. The number of nitrogens with zero attached hydrogens (tertiary/aromatic N) is 1. The van der Waals surface area contributed by atoms with Crippen molar-refractivity contribution in [3.05, 3.63) is 30.1 Å². The number of hydrogen-bond acceptors (Lipinski definition) is 2. The smallest absolute Gasteiger partial charge is 0.168 e. The summed E-state index contributed by atoms with van der Waals surface area (Å²) in [5, 5.41) is 0.967. The normalized spacial score (nSPS) is 18.1. The molecular weight excluding hydrogens is 236 g/mol. The van der Waals surface area contributed by atoms with Crippen molar-refractivity contribution in [1.82, 2.24) is 9.97 Å². The van der Waals surface area contributed by atoms with Crippen molar-refractivity contribution in [1.29, 1.82) is 0 Å². The monoisotopic (exact) mass is 256 g/mol. The molecule has 1 saturated carbocycles. The topological polar surface area (TPSA) is 45.8 Å². The van der Waals surface area contributed by atoms with Crippen LogP contribution < -0.4 is 0 Å². The molecule has 2 aromatic rings. The van der Waals surface area contributed by atoms with E-state index in [0.29, 0.717) is 5.78 Å². The molecule has 0 aliphatic heterocycles. The third-order valence-electron chi connectivity index (χ3n) is 4.19. The molecule has 3 rings (SSSR count). The first kappa shape index (κ1) is 12.4. The largest absolute Gasteiger partial charge is 0.345 e. The summed E-state index contributed by atoms with van der Waals surface area (Å²) >= 11 is 0. The third kappa shape index (κ3) is 2.55. The summed E-state index contributed by atoms with van der Waals surface area (Å²) in [6.45, 7) is 0. The van der Waals surface area contributed by atoms with Crippen molar-refractivity contribution >= 4 is 16.8 Å². The molecule has 0 bridgehead atoms. The second-order valence-electron chi connectivity index (χ2n) is 5.51. The molecule has 0 saturated heterocycles. The van der Waals surface area contributed by atoms with Crippen LogP contribution in [0, 0.1) is 5.92 Å². The molecule has 0 amide bonds. The molecule has 3 heteroatoms. The SMILES string of the molecule is O=C(c1c[nH]c2ncccc12)C1CCCCCCC1. The van der Waals surface area contributed by atoms with Crippen molar-refractivity contribution in [2.75, 3.05) is 0 Å². The lowest BCUT2D eigenvalue weighted by molar-refractivity contribution is 0.0900. The van der Waals surface area contributed by atoms with Crippen molar-refractivity contribution in [2.24, 2.45) is 5.92 Å². The molecule has 3 nitrogen and oxygen atoms in total. The van der Waals surface area contributed by atoms with E-state index >= 15 is 0 Å². The Morgan fingerprint density at radius 3 is 2.68 bits per heavy atom. The van der Waals surface area contributed by atoms with E-state index in [1.54, 1.807) is 6.20 Å². The Hall–Kier alpha value is -1.64. The van der Waals surface area contributed by atoms with Crippen LogP contribution in [0.3, 0.4) is 0 Å². The number of rotatable bonds is 2. The van der Waals surface area contributed by atoms with Gasteiger partial charge in [0.1, 0.15) is 5.65 Å². The Morgan fingerprint density at radius 2 is 1.89 bits per heavy atom. The van der Waals surface area contributed by atoms with Crippen LogP contribution in [-0.2, 0) is 0 Å². The van der Waals surface area contributed by atoms with Gasteiger partial charge in [0.05, 0.1) is 0 Å². The molecule has 0 radical (unpaired) electrons. The molecular formula is C16H20N2O. The number of hydrogen-bond donors (Lipinski definition) is 1. The summed E-state index contributed by atoms with van der Waals surface area (Å²) < 4.78 is 0. The summed E-state index contributed by atoms with van der Waals surface area (Å²) in [4.78, 5) is 20.1. The Balaban J connectivity index is 1.85. The van der Waals surface area contributed by atoms with Crippen molar-refractivity contribution in [3.63, 3.8) is 0 Å². The van der Waals surface area contributed by atoms with Crippen LogP contribution >= 0.6 is 0 Å². The number of aromatic amines is 1. The first-order valence-corrected chi connectivity index (χ1v) is 7.32. The van der Waals surface area contributed by atoms with Gasteiger partial charge in [0, 0.05) is 29.3 Å². The molecule has 1 aliphatic carbocycles. The Labute approximate surface area is 113 Å². The zero-order chi connectivity index (χ0) is 13.1. The second-order valence-corrected chi connectivity index (χ2v) is 5.51. The van der Waals surface area contributed by atoms with Gasteiger partial charge in [-0.2, -0.15) is 0 Å².